The van der Waals surface area contributed by atoms with E-state index in [0.29, 0.717) is 0 Å². The lowest BCUT2D eigenvalue weighted by atomic mass is 10.3. The van der Waals surface area contributed by atoms with E-state index in [1.54, 1.807) is 0 Å². The van der Waals surface area contributed by atoms with Crippen molar-refractivity contribution < 1.29 is 19.4 Å². The zero-order valence-electron chi connectivity index (χ0n) is 8.20. The van der Waals surface area contributed by atoms with E-state index in [-0.39, 0.29) is 0 Å². The van der Waals surface area contributed by atoms with Crippen molar-refractivity contribution in [3.05, 3.63) is 12.2 Å². The highest BCUT2D eigenvalue weighted by atomic mass is 127. The van der Waals surface area contributed by atoms with Gasteiger partial charge in [-0.05, 0) is 51.6 Å². The minimum absolute atomic E-state index is 0.592. The molecule has 0 aliphatic heterocycles. The molecule has 0 saturated carbocycles. The van der Waals surface area contributed by atoms with Crippen LogP contribution in [0.4, 0.5) is 0 Å². The van der Waals surface area contributed by atoms with Gasteiger partial charge in [-0.3, -0.25) is 0 Å². The summed E-state index contributed by atoms with van der Waals surface area (Å²) in [7, 11) is 0. The first-order chi connectivity index (χ1) is 6.87. The molecule has 0 aromatic carbocycles. The molecular weight excluding hydrogens is 426 g/mol. The minimum atomic E-state index is -1.16. The highest BCUT2D eigenvalue weighted by Gasteiger charge is 2.25. The highest BCUT2D eigenvalue weighted by Crippen LogP contribution is 2.34. The lowest BCUT2D eigenvalue weighted by Crippen LogP contribution is -2.19. The lowest BCUT2D eigenvalue weighted by Gasteiger charge is -2.19. The van der Waals surface area contributed by atoms with Gasteiger partial charge in [0.05, 0.1) is 0 Å². The monoisotopic (exact) mass is 438 g/mol. The van der Waals surface area contributed by atoms with Crippen molar-refractivity contribution in [3.8, 4) is 0 Å². The van der Waals surface area contributed by atoms with Gasteiger partial charge in [-0.1, -0.05) is 13.3 Å². The van der Waals surface area contributed by atoms with Gasteiger partial charge in [-0.25, -0.2) is 9.59 Å². The predicted molar refractivity (Wildman–Crippen MR) is 73.2 cm³/mol. The van der Waals surface area contributed by atoms with E-state index in [4.69, 9.17) is 9.84 Å². The fraction of sp³-hybridized carbons (Fsp3) is 0.556. The summed E-state index contributed by atoms with van der Waals surface area (Å²) in [6.07, 6.45) is 4.42. The highest BCUT2D eigenvalue weighted by molar-refractivity contribution is 14.2. The van der Waals surface area contributed by atoms with E-state index >= 15 is 0 Å². The first-order valence-corrected chi connectivity index (χ1v) is 6.55. The molecule has 0 spiro atoms. The fourth-order valence-corrected chi connectivity index (χ4v) is 1.95. The molecule has 0 fully saturated rings. The molecular formula is C9H12I2O4. The normalized spacial score (nSPS) is 11.7. The van der Waals surface area contributed by atoms with Gasteiger partial charge in [0.25, 0.3) is 0 Å². The lowest BCUT2D eigenvalue weighted by molar-refractivity contribution is -0.140. The third kappa shape index (κ3) is 9.09. The number of halogens is 2. The van der Waals surface area contributed by atoms with Crippen molar-refractivity contribution in [2.75, 3.05) is 0 Å². The van der Waals surface area contributed by atoms with Crippen molar-refractivity contribution >= 4 is 57.1 Å². The van der Waals surface area contributed by atoms with Crippen molar-refractivity contribution in [1.82, 2.24) is 0 Å². The van der Waals surface area contributed by atoms with Gasteiger partial charge in [0, 0.05) is 18.6 Å². The number of carbonyl (C=O) groups is 2. The second-order valence-corrected chi connectivity index (χ2v) is 8.38. The number of aliphatic carboxylic acids is 1. The number of unbranched alkanes of at least 4 members (excludes halogenated alkanes) is 1. The van der Waals surface area contributed by atoms with Crippen LogP contribution in [-0.2, 0) is 14.3 Å². The molecule has 0 saturated heterocycles. The van der Waals surface area contributed by atoms with Gasteiger partial charge in [0.2, 0.25) is 1.61 Å². The molecule has 0 unspecified atom stereocenters. The summed E-state index contributed by atoms with van der Waals surface area (Å²) >= 11 is 4.07. The van der Waals surface area contributed by atoms with Crippen molar-refractivity contribution in [1.29, 1.82) is 0 Å². The third-order valence-corrected chi connectivity index (χ3v) is 2.95. The van der Waals surface area contributed by atoms with Gasteiger partial charge in [0.1, 0.15) is 0 Å². The molecule has 86 valence electrons. The fourth-order valence-electron chi connectivity index (χ4n) is 0.754. The first kappa shape index (κ1) is 15.1. The summed E-state index contributed by atoms with van der Waals surface area (Å²) in [5, 5.41) is 8.30. The third-order valence-electron chi connectivity index (χ3n) is 1.43. The van der Waals surface area contributed by atoms with Gasteiger partial charge < -0.3 is 9.84 Å². The zero-order valence-corrected chi connectivity index (χ0v) is 12.5. The average Bonchev–Trinajstić information content (AvgIpc) is 2.11. The number of alkyl halides is 2. The Morgan fingerprint density at radius 2 is 2.00 bits per heavy atom. The Labute approximate surface area is 116 Å². The molecule has 0 aromatic heterocycles. The molecule has 0 heterocycles. The average molecular weight is 438 g/mol. The van der Waals surface area contributed by atoms with Gasteiger partial charge in [-0.15, -0.1) is 0 Å². The molecule has 0 aromatic rings. The quantitative estimate of drug-likeness (QED) is 0.300. The van der Waals surface area contributed by atoms with Crippen LogP contribution in [0.3, 0.4) is 0 Å². The number of rotatable bonds is 6. The number of hydrogen-bond donors (Lipinski definition) is 1. The summed E-state index contributed by atoms with van der Waals surface area (Å²) in [5.41, 5.74) is 0. The van der Waals surface area contributed by atoms with E-state index in [2.05, 4.69) is 6.92 Å². The number of carbonyl (C=O) groups excluding carboxylic acids is 1. The van der Waals surface area contributed by atoms with Crippen molar-refractivity contribution in [3.63, 3.8) is 0 Å². The predicted octanol–water partition coefficient (Wildman–Crippen LogP) is 2.88. The Bertz CT molecular complexity index is 261. The van der Waals surface area contributed by atoms with Crippen LogP contribution >= 0.6 is 45.2 Å². The van der Waals surface area contributed by atoms with Crippen molar-refractivity contribution in [2.45, 2.75) is 27.8 Å². The number of ether oxygens (including phenoxy) is 1. The van der Waals surface area contributed by atoms with Gasteiger partial charge >= 0.3 is 11.9 Å². The second-order valence-electron chi connectivity index (χ2n) is 2.83. The van der Waals surface area contributed by atoms with Crippen molar-refractivity contribution in [2.24, 2.45) is 0 Å². The van der Waals surface area contributed by atoms with Crippen LogP contribution in [0.1, 0.15) is 26.2 Å². The van der Waals surface area contributed by atoms with Crippen LogP contribution in [0.2, 0.25) is 0 Å². The molecule has 0 radical (unpaired) electrons. The second kappa shape index (κ2) is 7.42. The van der Waals surface area contributed by atoms with Crippen LogP contribution in [0.15, 0.2) is 12.2 Å². The Balaban J connectivity index is 4.09. The summed E-state index contributed by atoms with van der Waals surface area (Å²) in [5.74, 6) is -1.79. The first-order valence-electron chi connectivity index (χ1n) is 4.39. The summed E-state index contributed by atoms with van der Waals surface area (Å²) < 4.78 is 4.48. The maximum Gasteiger partial charge on any atom is 0.332 e. The zero-order chi connectivity index (χ0) is 11.9. The number of esters is 1. The SMILES string of the molecule is CCCCC(I)(I)OC(=O)C=CC(=O)O. The molecule has 0 amide bonds. The molecule has 1 N–H and O–H groups in total. The van der Waals surface area contributed by atoms with Crippen LogP contribution in [0.5, 0.6) is 0 Å². The number of carboxylic acids is 1. The van der Waals surface area contributed by atoms with Crippen LogP contribution < -0.4 is 0 Å². The maximum atomic E-state index is 11.1. The molecule has 15 heavy (non-hydrogen) atoms. The summed E-state index contributed by atoms with van der Waals surface area (Å²) in [4.78, 5) is 21.3. The van der Waals surface area contributed by atoms with E-state index in [9.17, 15) is 9.59 Å². The Hall–Kier alpha value is 0.140. The van der Waals surface area contributed by atoms with Gasteiger partial charge in [-0.2, -0.15) is 0 Å². The molecule has 4 nitrogen and oxygen atoms in total. The Kier molecular flexibility index (Phi) is 7.49. The largest absolute Gasteiger partial charge is 0.478 e. The molecule has 6 heteroatoms. The van der Waals surface area contributed by atoms with Crippen LogP contribution in [0.25, 0.3) is 0 Å². The standard InChI is InChI=1S/C9H12I2O4/c1-2-3-6-9(10,11)15-8(14)5-4-7(12)13/h4-5H,2-3,6H2,1H3,(H,12,13). The number of hydrogen-bond acceptors (Lipinski definition) is 3. The van der Waals surface area contributed by atoms with Gasteiger partial charge in [0.15, 0.2) is 0 Å². The molecule has 0 bridgehead atoms. The number of carboxylic acid groups (broad SMARTS) is 1. The van der Waals surface area contributed by atoms with Crippen LogP contribution in [0, 0.1) is 0 Å². The Morgan fingerprint density at radius 1 is 1.40 bits per heavy atom. The summed E-state index contributed by atoms with van der Waals surface area (Å²) in [6, 6.07) is 0. The molecule has 0 aliphatic rings. The maximum absolute atomic E-state index is 11.1. The molecule has 0 atom stereocenters. The topological polar surface area (TPSA) is 63.6 Å². The van der Waals surface area contributed by atoms with E-state index < -0.39 is 13.6 Å². The molecule has 0 aliphatic carbocycles. The minimum Gasteiger partial charge on any atom is -0.478 e. The summed E-state index contributed by atoms with van der Waals surface area (Å²) in [6.45, 7) is 2.05. The smallest absolute Gasteiger partial charge is 0.332 e. The van der Waals surface area contributed by atoms with Crippen LogP contribution in [-0.4, -0.2) is 18.7 Å². The van der Waals surface area contributed by atoms with E-state index in [0.717, 1.165) is 31.4 Å². The Morgan fingerprint density at radius 3 is 2.47 bits per heavy atom. The molecule has 0 rings (SSSR count). The van der Waals surface area contributed by atoms with E-state index in [1.165, 1.54) is 0 Å². The van der Waals surface area contributed by atoms with E-state index in [1.807, 2.05) is 45.2 Å².